The number of rotatable bonds is 9. The molecule has 0 spiro atoms. The minimum Gasteiger partial charge on any atom is -0.306 e. The van der Waals surface area contributed by atoms with Crippen LogP contribution in [0.5, 0.6) is 0 Å². The highest BCUT2D eigenvalue weighted by Crippen LogP contribution is 2.56. The van der Waals surface area contributed by atoms with E-state index in [1.54, 1.807) is 37.2 Å². The van der Waals surface area contributed by atoms with E-state index in [1.165, 1.54) is 0 Å². The number of aromatic nitrogens is 9. The lowest BCUT2D eigenvalue weighted by Crippen LogP contribution is -2.22. The molecule has 0 saturated heterocycles. The van der Waals surface area contributed by atoms with E-state index in [1.807, 2.05) is 216 Å². The van der Waals surface area contributed by atoms with E-state index in [9.17, 15) is 0 Å². The van der Waals surface area contributed by atoms with Crippen LogP contribution in [0.1, 0.15) is 5.56 Å². The molecule has 0 radical (unpaired) electrons. The minimum absolute atomic E-state index is 0.0627. The van der Waals surface area contributed by atoms with Gasteiger partial charge in [-0.05, 0) is 137 Å². The van der Waals surface area contributed by atoms with Gasteiger partial charge in [-0.15, -0.1) is 0 Å². The van der Waals surface area contributed by atoms with Gasteiger partial charge in [0.15, 0.2) is 0 Å². The average molecular weight is 1190 g/mol. The standard InChI is InChI=1S/C80H48F3N9/c81-80(82,83)75-78(91-66-21-5-1-17-58(66)59-18-2-6-22-67(59)91)76(89-70-29-25-50(54-13-9-35-85-45-54)41-62(70)63-42-51(26-30-71(63)89)55-14-10-36-86-46-55)74(49-33-39-84-40-34-49)77(79(75)92-68-23-7-3-19-60(68)61-20-4-8-24-69(61)92)90-72-31-27-52(56-15-11-37-87-47-56)43-64(72)65-44-53(28-32-73(65)90)57-16-12-38-88-48-57/h1-48H. The van der Waals surface area contributed by atoms with Gasteiger partial charge in [-0.25, -0.2) is 0 Å². The van der Waals surface area contributed by atoms with Crippen LogP contribution >= 0.6 is 0 Å². The molecule has 18 aromatic rings. The summed E-state index contributed by atoms with van der Waals surface area (Å²) in [4.78, 5) is 22.8. The Morgan fingerprint density at radius 2 is 0.511 bits per heavy atom. The largest absolute Gasteiger partial charge is 0.420 e. The third-order valence-electron chi connectivity index (χ3n) is 18.2. The maximum atomic E-state index is 19.0. The minimum atomic E-state index is -5.09. The molecule has 9 aromatic heterocycles. The van der Waals surface area contributed by atoms with Crippen LogP contribution in [0.15, 0.2) is 292 Å². The first-order valence-electron chi connectivity index (χ1n) is 30.3. The van der Waals surface area contributed by atoms with E-state index < -0.39 is 11.7 Å². The summed E-state index contributed by atoms with van der Waals surface area (Å²) in [5, 5.41) is 6.50. The Labute approximate surface area is 523 Å². The van der Waals surface area contributed by atoms with Crippen molar-refractivity contribution in [1.29, 1.82) is 0 Å². The number of hydrogen-bond donors (Lipinski definition) is 0. The number of hydrogen-bond acceptors (Lipinski definition) is 5. The molecule has 0 aliphatic rings. The second kappa shape index (κ2) is 20.7. The first-order chi connectivity index (χ1) is 45.3. The first-order valence-corrected chi connectivity index (χ1v) is 30.3. The van der Waals surface area contributed by atoms with Crippen LogP contribution in [0.25, 0.3) is 166 Å². The Balaban J connectivity index is 1.14. The van der Waals surface area contributed by atoms with Crippen LogP contribution in [0.2, 0.25) is 0 Å². The van der Waals surface area contributed by atoms with Gasteiger partial charge in [0.05, 0.1) is 66.9 Å². The Kier molecular flexibility index (Phi) is 11.9. The average Bonchev–Trinajstić information content (AvgIpc) is 1.01. The SMILES string of the molecule is FC(F)(F)c1c(-n2c3ccccc3c3ccccc32)c(-n2c3ccc(-c4cccnc4)cc3c3cc(-c4cccnc4)ccc32)c(-c2ccncc2)c(-n2c3ccc(-c4cccnc4)cc3c3cc(-c4cccnc4)ccc32)c1-n1c2ccccc2c2ccccc21. The Hall–Kier alpha value is -12.3. The first kappa shape index (κ1) is 52.8. The van der Waals surface area contributed by atoms with Gasteiger partial charge in [0.1, 0.15) is 5.56 Å². The molecule has 0 bridgehead atoms. The maximum Gasteiger partial charge on any atom is 0.420 e. The normalized spacial score (nSPS) is 12.1. The van der Waals surface area contributed by atoms with Gasteiger partial charge in [-0.1, -0.05) is 121 Å². The molecule has 0 saturated carbocycles. The van der Waals surface area contributed by atoms with Crippen molar-refractivity contribution in [3.05, 3.63) is 298 Å². The molecular formula is C80H48F3N9. The van der Waals surface area contributed by atoms with Crippen LogP contribution in [0.3, 0.4) is 0 Å². The third kappa shape index (κ3) is 8.10. The molecular weight excluding hydrogens is 1140 g/mol. The fourth-order valence-electron chi connectivity index (χ4n) is 14.3. The molecule has 12 heteroatoms. The van der Waals surface area contributed by atoms with Crippen molar-refractivity contribution in [3.63, 3.8) is 0 Å². The van der Waals surface area contributed by atoms with Gasteiger partial charge in [-0.2, -0.15) is 13.2 Å². The zero-order valence-corrected chi connectivity index (χ0v) is 48.9. The third-order valence-corrected chi connectivity index (χ3v) is 18.2. The summed E-state index contributed by atoms with van der Waals surface area (Å²) < 4.78 is 65.0. The molecule has 0 aliphatic heterocycles. The molecule has 9 heterocycles. The topological polar surface area (TPSA) is 84.2 Å². The molecule has 9 aromatic carbocycles. The second-order valence-corrected chi connectivity index (χ2v) is 23.2. The van der Waals surface area contributed by atoms with Crippen LogP contribution in [0.4, 0.5) is 13.2 Å². The maximum absolute atomic E-state index is 19.0. The van der Waals surface area contributed by atoms with Crippen molar-refractivity contribution in [2.75, 3.05) is 0 Å². The van der Waals surface area contributed by atoms with E-state index in [0.29, 0.717) is 66.6 Å². The fraction of sp³-hybridized carbons (Fsp3) is 0.0125. The quantitative estimate of drug-likeness (QED) is 0.144. The fourth-order valence-corrected chi connectivity index (χ4v) is 14.3. The smallest absolute Gasteiger partial charge is 0.306 e. The van der Waals surface area contributed by atoms with Crippen molar-refractivity contribution in [1.82, 2.24) is 43.2 Å². The highest BCUT2D eigenvalue weighted by Gasteiger charge is 2.45. The molecule has 0 aliphatic carbocycles. The molecule has 0 fully saturated rings. The van der Waals surface area contributed by atoms with Crippen molar-refractivity contribution in [3.8, 4) is 78.4 Å². The number of halogens is 3. The molecule has 18 rings (SSSR count). The predicted octanol–water partition coefficient (Wildman–Crippen LogP) is 20.4. The summed E-state index contributed by atoms with van der Waals surface area (Å²) in [6.07, 6.45) is 12.7. The van der Waals surface area contributed by atoms with E-state index in [2.05, 4.69) is 82.6 Å². The van der Waals surface area contributed by atoms with Crippen LogP contribution < -0.4 is 0 Å². The van der Waals surface area contributed by atoms with Crippen LogP contribution in [-0.4, -0.2) is 43.2 Å². The van der Waals surface area contributed by atoms with Crippen molar-refractivity contribution < 1.29 is 13.2 Å². The van der Waals surface area contributed by atoms with Crippen LogP contribution in [0, 0.1) is 0 Å². The van der Waals surface area contributed by atoms with E-state index in [0.717, 1.165) is 87.6 Å². The van der Waals surface area contributed by atoms with E-state index >= 15 is 13.2 Å². The summed E-state index contributed by atoms with van der Waals surface area (Å²) in [6, 6.07) is 75.9. The van der Waals surface area contributed by atoms with Gasteiger partial charge in [-0.3, -0.25) is 24.9 Å². The van der Waals surface area contributed by atoms with Crippen molar-refractivity contribution >= 4 is 87.2 Å². The molecule has 0 atom stereocenters. The number of fused-ring (bicyclic) bond motifs is 12. The Morgan fingerprint density at radius 3 is 0.793 bits per heavy atom. The number of nitrogens with zero attached hydrogens (tertiary/aromatic N) is 9. The molecule has 92 heavy (non-hydrogen) atoms. The van der Waals surface area contributed by atoms with Crippen molar-refractivity contribution in [2.45, 2.75) is 6.18 Å². The van der Waals surface area contributed by atoms with Crippen LogP contribution in [-0.2, 0) is 6.18 Å². The van der Waals surface area contributed by atoms with Gasteiger partial charge in [0, 0.05) is 133 Å². The highest BCUT2D eigenvalue weighted by atomic mass is 19.4. The molecule has 0 amide bonds. The zero-order chi connectivity index (χ0) is 61.2. The van der Waals surface area contributed by atoms with Gasteiger partial charge in [0.25, 0.3) is 0 Å². The lowest BCUT2D eigenvalue weighted by molar-refractivity contribution is -0.137. The van der Waals surface area contributed by atoms with Gasteiger partial charge >= 0.3 is 6.18 Å². The molecule has 0 unspecified atom stereocenters. The summed E-state index contributed by atoms with van der Waals surface area (Å²) in [7, 11) is 0. The Bertz CT molecular complexity index is 5340. The Morgan fingerprint density at radius 1 is 0.228 bits per heavy atom. The van der Waals surface area contributed by atoms with E-state index in [-0.39, 0.29) is 11.4 Å². The molecule has 434 valence electrons. The zero-order valence-electron chi connectivity index (χ0n) is 48.9. The summed E-state index contributed by atoms with van der Waals surface area (Å²) in [6.45, 7) is 0. The number of benzene rings is 9. The van der Waals surface area contributed by atoms with Gasteiger partial charge < -0.3 is 18.3 Å². The summed E-state index contributed by atoms with van der Waals surface area (Å²) in [5.41, 5.74) is 13.1. The highest BCUT2D eigenvalue weighted by molar-refractivity contribution is 6.18. The van der Waals surface area contributed by atoms with Crippen molar-refractivity contribution in [2.24, 2.45) is 0 Å². The van der Waals surface area contributed by atoms with E-state index in [4.69, 9.17) is 0 Å². The van der Waals surface area contributed by atoms with Gasteiger partial charge in [0.2, 0.25) is 0 Å². The lowest BCUT2D eigenvalue weighted by atomic mass is 9.93. The monoisotopic (exact) mass is 1190 g/mol. The molecule has 0 N–H and O–H groups in total. The number of pyridine rings is 5. The number of para-hydroxylation sites is 4. The lowest BCUT2D eigenvalue weighted by Gasteiger charge is -2.31. The second-order valence-electron chi connectivity index (χ2n) is 23.2. The summed E-state index contributed by atoms with van der Waals surface area (Å²) >= 11 is 0. The molecule has 9 nitrogen and oxygen atoms in total. The summed E-state index contributed by atoms with van der Waals surface area (Å²) in [5.74, 6) is 0. The predicted molar refractivity (Wildman–Crippen MR) is 365 cm³/mol. The number of alkyl halides is 3.